The van der Waals surface area contributed by atoms with E-state index in [0.717, 1.165) is 0 Å². The van der Waals surface area contributed by atoms with Gasteiger partial charge in [0.15, 0.2) is 0 Å². The standard InChI is InChI=1S/C7H12F2N2O/c1-5-4-11(3-2-10-5)7(12)6(8)9/h5-6,10H,2-4H2,1H3/t5-/m0/s1. The van der Waals surface area contributed by atoms with Crippen molar-refractivity contribution < 1.29 is 13.6 Å². The first kappa shape index (κ1) is 9.38. The number of hydrogen-bond donors (Lipinski definition) is 1. The number of carbonyl (C=O) groups is 1. The Morgan fingerprint density at radius 1 is 1.67 bits per heavy atom. The second kappa shape index (κ2) is 3.80. The van der Waals surface area contributed by atoms with Gasteiger partial charge in [0.25, 0.3) is 5.91 Å². The normalized spacial score (nSPS) is 24.7. The van der Waals surface area contributed by atoms with Crippen LogP contribution >= 0.6 is 0 Å². The molecule has 1 atom stereocenters. The summed E-state index contributed by atoms with van der Waals surface area (Å²) in [5.74, 6) is -1.05. The fraction of sp³-hybridized carbons (Fsp3) is 0.857. The largest absolute Gasteiger partial charge is 0.335 e. The van der Waals surface area contributed by atoms with Crippen LogP contribution in [-0.4, -0.2) is 42.9 Å². The quantitative estimate of drug-likeness (QED) is 0.616. The van der Waals surface area contributed by atoms with Gasteiger partial charge in [0.05, 0.1) is 0 Å². The zero-order chi connectivity index (χ0) is 9.14. The molecule has 1 aliphatic rings. The highest BCUT2D eigenvalue weighted by atomic mass is 19.3. The second-order valence-electron chi connectivity index (χ2n) is 2.94. The van der Waals surface area contributed by atoms with Crippen molar-refractivity contribution in [2.24, 2.45) is 0 Å². The lowest BCUT2D eigenvalue weighted by atomic mass is 10.2. The molecule has 0 aliphatic carbocycles. The lowest BCUT2D eigenvalue weighted by Crippen LogP contribution is -2.52. The summed E-state index contributed by atoms with van der Waals surface area (Å²) in [5.41, 5.74) is 0. The van der Waals surface area contributed by atoms with Crippen LogP contribution in [0.25, 0.3) is 0 Å². The van der Waals surface area contributed by atoms with E-state index in [-0.39, 0.29) is 6.04 Å². The van der Waals surface area contributed by atoms with E-state index in [1.165, 1.54) is 4.90 Å². The summed E-state index contributed by atoms with van der Waals surface area (Å²) in [6.07, 6.45) is -2.87. The second-order valence-corrected chi connectivity index (χ2v) is 2.94. The van der Waals surface area contributed by atoms with Crippen molar-refractivity contribution in [3.8, 4) is 0 Å². The average molecular weight is 178 g/mol. The number of halogens is 2. The molecule has 0 aromatic rings. The summed E-state index contributed by atoms with van der Waals surface area (Å²) >= 11 is 0. The van der Waals surface area contributed by atoms with Gasteiger partial charge in [-0.25, -0.2) is 0 Å². The molecule has 0 aromatic carbocycles. The third-order valence-electron chi connectivity index (χ3n) is 1.87. The van der Waals surface area contributed by atoms with E-state index >= 15 is 0 Å². The monoisotopic (exact) mass is 178 g/mol. The first-order valence-corrected chi connectivity index (χ1v) is 3.91. The molecule has 1 rings (SSSR count). The van der Waals surface area contributed by atoms with Crippen LogP contribution in [0.5, 0.6) is 0 Å². The van der Waals surface area contributed by atoms with Gasteiger partial charge in [0.2, 0.25) is 0 Å². The zero-order valence-electron chi connectivity index (χ0n) is 6.89. The molecule has 1 aliphatic heterocycles. The Balaban J connectivity index is 2.46. The maximum atomic E-state index is 11.9. The predicted molar refractivity (Wildman–Crippen MR) is 40.0 cm³/mol. The molecule has 70 valence electrons. The highest BCUT2D eigenvalue weighted by Crippen LogP contribution is 2.04. The van der Waals surface area contributed by atoms with Gasteiger partial charge in [-0.3, -0.25) is 4.79 Å². The lowest BCUT2D eigenvalue weighted by Gasteiger charge is -2.31. The number of rotatable bonds is 1. The Morgan fingerprint density at radius 2 is 2.33 bits per heavy atom. The number of nitrogens with one attached hydrogen (secondary N) is 1. The Hall–Kier alpha value is -0.710. The zero-order valence-corrected chi connectivity index (χ0v) is 6.89. The third-order valence-corrected chi connectivity index (χ3v) is 1.87. The van der Waals surface area contributed by atoms with E-state index in [4.69, 9.17) is 0 Å². The Bertz CT molecular complexity index is 175. The van der Waals surface area contributed by atoms with Crippen molar-refractivity contribution in [2.75, 3.05) is 19.6 Å². The third kappa shape index (κ3) is 2.14. The number of hydrogen-bond acceptors (Lipinski definition) is 2. The van der Waals surface area contributed by atoms with Gasteiger partial charge in [0.1, 0.15) is 0 Å². The van der Waals surface area contributed by atoms with Crippen molar-refractivity contribution in [2.45, 2.75) is 19.4 Å². The molecule has 0 saturated carbocycles. The number of amides is 1. The van der Waals surface area contributed by atoms with E-state index in [1.807, 2.05) is 6.92 Å². The highest BCUT2D eigenvalue weighted by Gasteiger charge is 2.26. The van der Waals surface area contributed by atoms with Crippen LogP contribution in [0.3, 0.4) is 0 Å². The SMILES string of the molecule is C[C@H]1CN(C(=O)C(F)F)CCN1. The summed E-state index contributed by atoms with van der Waals surface area (Å²) in [7, 11) is 0. The molecule has 12 heavy (non-hydrogen) atoms. The molecule has 1 heterocycles. The smallest absolute Gasteiger partial charge is 0.315 e. The van der Waals surface area contributed by atoms with Gasteiger partial charge >= 0.3 is 6.43 Å². The maximum absolute atomic E-state index is 11.9. The molecule has 5 heteroatoms. The summed E-state index contributed by atoms with van der Waals surface area (Å²) in [6, 6.07) is 0.112. The van der Waals surface area contributed by atoms with Gasteiger partial charge in [-0.15, -0.1) is 0 Å². The van der Waals surface area contributed by atoms with Crippen LogP contribution in [0.15, 0.2) is 0 Å². The molecule has 0 radical (unpaired) electrons. The molecule has 3 nitrogen and oxygen atoms in total. The summed E-state index contributed by atoms with van der Waals surface area (Å²) in [4.78, 5) is 12.0. The first-order chi connectivity index (χ1) is 5.61. The van der Waals surface area contributed by atoms with Crippen LogP contribution < -0.4 is 5.32 Å². The van der Waals surface area contributed by atoms with E-state index < -0.39 is 12.3 Å². The van der Waals surface area contributed by atoms with Gasteiger partial charge in [0, 0.05) is 25.7 Å². The maximum Gasteiger partial charge on any atom is 0.315 e. The minimum atomic E-state index is -2.87. The molecule has 1 amide bonds. The van der Waals surface area contributed by atoms with Crippen LogP contribution in [-0.2, 0) is 4.79 Å². The Labute approximate surface area is 69.7 Å². The van der Waals surface area contributed by atoms with E-state index in [1.54, 1.807) is 0 Å². The van der Waals surface area contributed by atoms with Crippen molar-refractivity contribution in [3.63, 3.8) is 0 Å². The molecule has 1 fully saturated rings. The van der Waals surface area contributed by atoms with Gasteiger partial charge in [-0.05, 0) is 6.92 Å². The molecule has 1 saturated heterocycles. The van der Waals surface area contributed by atoms with E-state index in [9.17, 15) is 13.6 Å². The number of piperazine rings is 1. The summed E-state index contributed by atoms with van der Waals surface area (Å²) < 4.78 is 23.9. The molecular weight excluding hydrogens is 166 g/mol. The van der Waals surface area contributed by atoms with Crippen LogP contribution in [0.4, 0.5) is 8.78 Å². The van der Waals surface area contributed by atoms with E-state index in [2.05, 4.69) is 5.32 Å². The summed E-state index contributed by atoms with van der Waals surface area (Å²) in [6.45, 7) is 3.22. The predicted octanol–water partition coefficient (Wildman–Crippen LogP) is 0.0718. The molecule has 0 bridgehead atoms. The minimum Gasteiger partial charge on any atom is -0.335 e. The van der Waals surface area contributed by atoms with Crippen LogP contribution in [0, 0.1) is 0 Å². The fourth-order valence-corrected chi connectivity index (χ4v) is 1.27. The molecule has 0 spiro atoms. The molecule has 1 N–H and O–H groups in total. The van der Waals surface area contributed by atoms with Gasteiger partial charge in [-0.2, -0.15) is 8.78 Å². The van der Waals surface area contributed by atoms with Crippen molar-refractivity contribution >= 4 is 5.91 Å². The molecule has 0 unspecified atom stereocenters. The Morgan fingerprint density at radius 3 is 2.83 bits per heavy atom. The molecular formula is C7H12F2N2O. The van der Waals surface area contributed by atoms with Crippen molar-refractivity contribution in [3.05, 3.63) is 0 Å². The highest BCUT2D eigenvalue weighted by molar-refractivity contribution is 5.79. The van der Waals surface area contributed by atoms with Crippen LogP contribution in [0.2, 0.25) is 0 Å². The lowest BCUT2D eigenvalue weighted by molar-refractivity contribution is -0.143. The van der Waals surface area contributed by atoms with E-state index in [0.29, 0.717) is 19.6 Å². The molecule has 0 aromatic heterocycles. The number of carbonyl (C=O) groups excluding carboxylic acids is 1. The Kier molecular flexibility index (Phi) is 2.97. The first-order valence-electron chi connectivity index (χ1n) is 3.91. The number of alkyl halides is 2. The summed E-state index contributed by atoms with van der Waals surface area (Å²) in [5, 5.41) is 3.07. The van der Waals surface area contributed by atoms with Crippen molar-refractivity contribution in [1.29, 1.82) is 0 Å². The fourth-order valence-electron chi connectivity index (χ4n) is 1.27. The topological polar surface area (TPSA) is 32.3 Å². The average Bonchev–Trinajstić information content (AvgIpc) is 2.03. The van der Waals surface area contributed by atoms with Gasteiger partial charge < -0.3 is 10.2 Å². The number of nitrogens with zero attached hydrogens (tertiary/aromatic N) is 1. The van der Waals surface area contributed by atoms with Gasteiger partial charge in [-0.1, -0.05) is 0 Å². The van der Waals surface area contributed by atoms with Crippen molar-refractivity contribution in [1.82, 2.24) is 10.2 Å². The van der Waals surface area contributed by atoms with Crippen LogP contribution in [0.1, 0.15) is 6.92 Å². The minimum absolute atomic E-state index is 0.112.